The largest absolute Gasteiger partial charge is 0.373 e. The van der Waals surface area contributed by atoms with Crippen molar-refractivity contribution < 1.29 is 8.42 Å². The van der Waals surface area contributed by atoms with Crippen LogP contribution in [0.15, 0.2) is 23.2 Å². The monoisotopic (exact) mass is 285 g/mol. The van der Waals surface area contributed by atoms with Gasteiger partial charge in [0, 0.05) is 19.8 Å². The van der Waals surface area contributed by atoms with E-state index in [-0.39, 0.29) is 10.3 Å². The fraction of sp³-hybridized carbons (Fsp3) is 0.615. The first-order valence-electron chi connectivity index (χ1n) is 6.32. The lowest BCUT2D eigenvalue weighted by Gasteiger charge is -2.29. The molecule has 0 saturated carbocycles. The van der Waals surface area contributed by atoms with Crippen molar-refractivity contribution in [3.05, 3.63) is 18.3 Å². The van der Waals surface area contributed by atoms with Crippen LogP contribution in [0.2, 0.25) is 0 Å². The van der Waals surface area contributed by atoms with E-state index in [1.54, 1.807) is 19.2 Å². The van der Waals surface area contributed by atoms with E-state index in [1.165, 1.54) is 6.20 Å². The van der Waals surface area contributed by atoms with Gasteiger partial charge in [-0.3, -0.25) is 0 Å². The van der Waals surface area contributed by atoms with E-state index in [1.807, 2.05) is 13.8 Å². The summed E-state index contributed by atoms with van der Waals surface area (Å²) >= 11 is 0. The third-order valence-electron chi connectivity index (χ3n) is 3.58. The molecule has 2 N–H and O–H groups in total. The van der Waals surface area contributed by atoms with E-state index >= 15 is 0 Å². The first-order valence-corrected chi connectivity index (χ1v) is 7.81. The molecule has 1 rings (SSSR count). The summed E-state index contributed by atoms with van der Waals surface area (Å²) in [6, 6.07) is 3.19. The molecule has 0 atom stereocenters. The Kier molecular flexibility index (Phi) is 4.92. The van der Waals surface area contributed by atoms with Gasteiger partial charge >= 0.3 is 0 Å². The van der Waals surface area contributed by atoms with Crippen molar-refractivity contribution in [1.82, 2.24) is 9.71 Å². The molecule has 0 aliphatic heterocycles. The van der Waals surface area contributed by atoms with E-state index in [0.717, 1.165) is 0 Å². The second kappa shape index (κ2) is 5.88. The molecule has 0 aliphatic rings. The molecule has 0 saturated heterocycles. The Morgan fingerprint density at radius 2 is 1.95 bits per heavy atom. The Morgan fingerprint density at radius 3 is 2.37 bits per heavy atom. The van der Waals surface area contributed by atoms with E-state index in [0.29, 0.717) is 18.3 Å². The van der Waals surface area contributed by atoms with Crippen LogP contribution in [0, 0.1) is 11.3 Å². The topological polar surface area (TPSA) is 71.1 Å². The highest BCUT2D eigenvalue weighted by atomic mass is 32.2. The molecule has 1 heterocycles. The summed E-state index contributed by atoms with van der Waals surface area (Å²) < 4.78 is 26.9. The minimum absolute atomic E-state index is 0.0919. The maximum Gasteiger partial charge on any atom is 0.242 e. The van der Waals surface area contributed by atoms with Crippen LogP contribution in [0.1, 0.15) is 27.7 Å². The van der Waals surface area contributed by atoms with E-state index < -0.39 is 10.0 Å². The number of nitrogens with zero attached hydrogens (tertiary/aromatic N) is 1. The molecule has 0 fully saturated rings. The summed E-state index contributed by atoms with van der Waals surface area (Å²) in [4.78, 5) is 4.20. The molecule has 6 heteroatoms. The van der Waals surface area contributed by atoms with Crippen molar-refractivity contribution in [2.75, 3.05) is 18.9 Å². The van der Waals surface area contributed by atoms with E-state index in [9.17, 15) is 8.42 Å². The van der Waals surface area contributed by atoms with Gasteiger partial charge < -0.3 is 5.32 Å². The van der Waals surface area contributed by atoms with Crippen molar-refractivity contribution in [1.29, 1.82) is 0 Å². The molecule has 0 aliphatic carbocycles. The molecule has 0 bridgehead atoms. The van der Waals surface area contributed by atoms with Crippen LogP contribution in [-0.4, -0.2) is 27.0 Å². The minimum Gasteiger partial charge on any atom is -0.373 e. The van der Waals surface area contributed by atoms with Crippen molar-refractivity contribution in [2.24, 2.45) is 11.3 Å². The van der Waals surface area contributed by atoms with Crippen molar-refractivity contribution >= 4 is 15.8 Å². The molecule has 19 heavy (non-hydrogen) atoms. The van der Waals surface area contributed by atoms with Gasteiger partial charge in [-0.25, -0.2) is 18.1 Å². The summed E-state index contributed by atoms with van der Waals surface area (Å²) in [7, 11) is -1.76. The van der Waals surface area contributed by atoms with Gasteiger partial charge in [-0.15, -0.1) is 0 Å². The molecule has 1 aromatic heterocycles. The lowest BCUT2D eigenvalue weighted by Crippen LogP contribution is -2.37. The number of pyridine rings is 1. The zero-order chi connectivity index (χ0) is 14.7. The second-order valence-electron chi connectivity index (χ2n) is 5.60. The molecule has 0 radical (unpaired) electrons. The van der Waals surface area contributed by atoms with E-state index in [2.05, 4.69) is 28.9 Å². The highest BCUT2D eigenvalue weighted by molar-refractivity contribution is 7.89. The predicted molar refractivity (Wildman–Crippen MR) is 77.6 cm³/mol. The smallest absolute Gasteiger partial charge is 0.242 e. The van der Waals surface area contributed by atoms with Crippen LogP contribution in [-0.2, 0) is 10.0 Å². The lowest BCUT2D eigenvalue weighted by molar-refractivity contribution is 0.252. The number of sulfonamides is 1. The standard InChI is InChI=1S/C13H23N3O2S/c1-10(2)13(3,4)9-16-19(17,18)11-6-7-12(14-5)15-8-11/h6-8,10,16H,9H2,1-5H3,(H,14,15). The van der Waals surface area contributed by atoms with Crippen molar-refractivity contribution in [2.45, 2.75) is 32.6 Å². The molecule has 0 amide bonds. The lowest BCUT2D eigenvalue weighted by atomic mass is 9.81. The highest BCUT2D eigenvalue weighted by Crippen LogP contribution is 2.25. The van der Waals surface area contributed by atoms with Gasteiger partial charge in [0.2, 0.25) is 10.0 Å². The molecular formula is C13H23N3O2S. The fourth-order valence-electron chi connectivity index (χ4n) is 1.26. The summed E-state index contributed by atoms with van der Waals surface area (Å²) in [5.41, 5.74) is -0.0919. The maximum atomic E-state index is 12.1. The zero-order valence-electron chi connectivity index (χ0n) is 12.2. The van der Waals surface area contributed by atoms with Gasteiger partial charge in [-0.1, -0.05) is 27.7 Å². The normalized spacial score (nSPS) is 12.7. The summed E-state index contributed by atoms with van der Waals surface area (Å²) in [6.45, 7) is 8.65. The Labute approximate surface area is 115 Å². The average Bonchev–Trinajstić information content (AvgIpc) is 2.36. The second-order valence-corrected chi connectivity index (χ2v) is 7.36. The Balaban J connectivity index is 2.81. The van der Waals surface area contributed by atoms with Gasteiger partial charge in [0.15, 0.2) is 0 Å². The molecule has 1 aromatic rings. The number of hydrogen-bond donors (Lipinski definition) is 2. The number of anilines is 1. The zero-order valence-corrected chi connectivity index (χ0v) is 13.0. The first kappa shape index (κ1) is 15.9. The SMILES string of the molecule is CNc1ccc(S(=O)(=O)NCC(C)(C)C(C)C)cn1. The molecule has 0 unspecified atom stereocenters. The summed E-state index contributed by atoms with van der Waals surface area (Å²) in [5, 5.41) is 2.85. The number of nitrogens with one attached hydrogen (secondary N) is 2. The predicted octanol–water partition coefficient (Wildman–Crippen LogP) is 2.08. The van der Waals surface area contributed by atoms with Crippen LogP contribution in [0.4, 0.5) is 5.82 Å². The third kappa shape index (κ3) is 4.18. The molecule has 108 valence electrons. The Bertz CT molecular complexity index is 507. The van der Waals surface area contributed by atoms with Crippen LogP contribution in [0.3, 0.4) is 0 Å². The Hall–Kier alpha value is -1.14. The molecule has 5 nitrogen and oxygen atoms in total. The highest BCUT2D eigenvalue weighted by Gasteiger charge is 2.25. The van der Waals surface area contributed by atoms with Crippen LogP contribution < -0.4 is 10.0 Å². The van der Waals surface area contributed by atoms with Gasteiger partial charge in [0.25, 0.3) is 0 Å². The average molecular weight is 285 g/mol. The van der Waals surface area contributed by atoms with Gasteiger partial charge in [-0.05, 0) is 23.5 Å². The van der Waals surface area contributed by atoms with Crippen LogP contribution >= 0.6 is 0 Å². The quantitative estimate of drug-likeness (QED) is 0.839. The van der Waals surface area contributed by atoms with Gasteiger partial charge in [0.1, 0.15) is 10.7 Å². The van der Waals surface area contributed by atoms with Gasteiger partial charge in [0.05, 0.1) is 0 Å². The summed E-state index contributed by atoms with van der Waals surface area (Å²) in [5.74, 6) is 1.03. The van der Waals surface area contributed by atoms with Crippen LogP contribution in [0.25, 0.3) is 0 Å². The maximum absolute atomic E-state index is 12.1. The molecule has 0 spiro atoms. The van der Waals surface area contributed by atoms with Crippen molar-refractivity contribution in [3.63, 3.8) is 0 Å². The number of rotatable bonds is 6. The number of hydrogen-bond acceptors (Lipinski definition) is 4. The van der Waals surface area contributed by atoms with Crippen LogP contribution in [0.5, 0.6) is 0 Å². The van der Waals surface area contributed by atoms with Crippen molar-refractivity contribution in [3.8, 4) is 0 Å². The molecular weight excluding hydrogens is 262 g/mol. The van der Waals surface area contributed by atoms with Gasteiger partial charge in [-0.2, -0.15) is 0 Å². The third-order valence-corrected chi connectivity index (χ3v) is 4.97. The first-order chi connectivity index (χ1) is 8.69. The summed E-state index contributed by atoms with van der Waals surface area (Å²) in [6.07, 6.45) is 1.36. The van der Waals surface area contributed by atoms with E-state index in [4.69, 9.17) is 0 Å². The minimum atomic E-state index is -3.49. The fourth-order valence-corrected chi connectivity index (χ4v) is 2.42. The Morgan fingerprint density at radius 1 is 1.32 bits per heavy atom. The number of aromatic nitrogens is 1. The molecule has 0 aromatic carbocycles.